The highest BCUT2D eigenvalue weighted by molar-refractivity contribution is 5.77. The molecule has 5 nitrogen and oxygen atoms in total. The smallest absolute Gasteiger partial charge is 0.192 e. The van der Waals surface area contributed by atoms with Crippen LogP contribution in [0, 0.1) is 6.92 Å². The van der Waals surface area contributed by atoms with Crippen LogP contribution in [0.15, 0.2) is 53.2 Å². The number of hydrogen-bond acceptors (Lipinski definition) is 4. The van der Waals surface area contributed by atoms with Crippen LogP contribution in [0.1, 0.15) is 11.6 Å². The zero-order chi connectivity index (χ0) is 14.2. The van der Waals surface area contributed by atoms with Crippen LogP contribution in [-0.4, -0.2) is 14.4 Å². The SMILES string of the molecule is Cc1nc2cc(NCc3cn4ccccc4n3)ccc2o1. The summed E-state index contributed by atoms with van der Waals surface area (Å²) >= 11 is 0. The fourth-order valence-corrected chi connectivity index (χ4v) is 2.42. The van der Waals surface area contributed by atoms with Gasteiger partial charge in [0.15, 0.2) is 11.5 Å². The van der Waals surface area contributed by atoms with Crippen molar-refractivity contribution in [1.29, 1.82) is 0 Å². The predicted octanol–water partition coefficient (Wildman–Crippen LogP) is 3.40. The minimum Gasteiger partial charge on any atom is -0.441 e. The first-order valence-corrected chi connectivity index (χ1v) is 6.82. The van der Waals surface area contributed by atoms with Crippen molar-refractivity contribution in [3.05, 3.63) is 60.4 Å². The predicted molar refractivity (Wildman–Crippen MR) is 81.3 cm³/mol. The molecule has 3 aromatic heterocycles. The molecule has 0 saturated carbocycles. The molecule has 0 aliphatic heterocycles. The molecular weight excluding hydrogens is 264 g/mol. The lowest BCUT2D eigenvalue weighted by molar-refractivity contribution is 0.561. The highest BCUT2D eigenvalue weighted by atomic mass is 16.3. The van der Waals surface area contributed by atoms with E-state index in [1.54, 1.807) is 0 Å². The topological polar surface area (TPSA) is 55.4 Å². The molecule has 104 valence electrons. The second kappa shape index (κ2) is 4.63. The van der Waals surface area contributed by atoms with Gasteiger partial charge in [0.1, 0.15) is 11.2 Å². The zero-order valence-corrected chi connectivity index (χ0v) is 11.6. The van der Waals surface area contributed by atoms with Gasteiger partial charge in [-0.2, -0.15) is 0 Å². The van der Waals surface area contributed by atoms with Crippen LogP contribution < -0.4 is 5.32 Å². The maximum atomic E-state index is 5.47. The molecule has 1 aromatic carbocycles. The van der Waals surface area contributed by atoms with Crippen LogP contribution in [0.4, 0.5) is 5.69 Å². The number of hydrogen-bond donors (Lipinski definition) is 1. The van der Waals surface area contributed by atoms with E-state index in [-0.39, 0.29) is 0 Å². The Bertz CT molecular complexity index is 889. The van der Waals surface area contributed by atoms with E-state index in [4.69, 9.17) is 4.42 Å². The monoisotopic (exact) mass is 278 g/mol. The maximum absolute atomic E-state index is 5.47. The Balaban J connectivity index is 1.56. The van der Waals surface area contributed by atoms with Crippen LogP contribution >= 0.6 is 0 Å². The highest BCUT2D eigenvalue weighted by Crippen LogP contribution is 2.20. The van der Waals surface area contributed by atoms with Gasteiger partial charge in [0, 0.05) is 25.0 Å². The van der Waals surface area contributed by atoms with Gasteiger partial charge in [-0.05, 0) is 30.3 Å². The number of imidazole rings is 1. The lowest BCUT2D eigenvalue weighted by Gasteiger charge is -2.03. The Kier molecular flexibility index (Phi) is 2.64. The van der Waals surface area contributed by atoms with Crippen molar-refractivity contribution in [2.24, 2.45) is 0 Å². The minimum absolute atomic E-state index is 0.671. The zero-order valence-electron chi connectivity index (χ0n) is 11.6. The van der Waals surface area contributed by atoms with Crippen LogP contribution in [-0.2, 0) is 6.54 Å². The van der Waals surface area contributed by atoms with Crippen molar-refractivity contribution in [3.8, 4) is 0 Å². The van der Waals surface area contributed by atoms with Crippen molar-refractivity contribution in [1.82, 2.24) is 14.4 Å². The molecule has 0 aliphatic carbocycles. The average Bonchev–Trinajstić information content (AvgIpc) is 3.06. The van der Waals surface area contributed by atoms with Gasteiger partial charge in [-0.25, -0.2) is 9.97 Å². The summed E-state index contributed by atoms with van der Waals surface area (Å²) in [6.07, 6.45) is 4.02. The molecule has 0 radical (unpaired) electrons. The second-order valence-corrected chi connectivity index (χ2v) is 4.97. The molecule has 5 heteroatoms. The fraction of sp³-hybridized carbons (Fsp3) is 0.125. The number of aromatic nitrogens is 3. The van der Waals surface area contributed by atoms with E-state index in [1.165, 1.54) is 0 Å². The van der Waals surface area contributed by atoms with Gasteiger partial charge in [-0.1, -0.05) is 6.07 Å². The van der Waals surface area contributed by atoms with E-state index >= 15 is 0 Å². The summed E-state index contributed by atoms with van der Waals surface area (Å²) < 4.78 is 7.49. The van der Waals surface area contributed by atoms with E-state index in [2.05, 4.69) is 15.3 Å². The molecule has 0 atom stereocenters. The third-order valence-electron chi connectivity index (χ3n) is 3.38. The molecule has 21 heavy (non-hydrogen) atoms. The van der Waals surface area contributed by atoms with Gasteiger partial charge in [0.2, 0.25) is 0 Å². The molecule has 3 heterocycles. The summed E-state index contributed by atoms with van der Waals surface area (Å²) in [4.78, 5) is 8.90. The van der Waals surface area contributed by atoms with E-state index < -0.39 is 0 Å². The Morgan fingerprint density at radius 3 is 3.05 bits per heavy atom. The van der Waals surface area contributed by atoms with Crippen molar-refractivity contribution < 1.29 is 4.42 Å². The first-order chi connectivity index (χ1) is 10.3. The maximum Gasteiger partial charge on any atom is 0.192 e. The molecule has 0 spiro atoms. The Hall–Kier alpha value is -2.82. The van der Waals surface area contributed by atoms with Crippen LogP contribution in [0.5, 0.6) is 0 Å². The number of pyridine rings is 1. The molecule has 4 aromatic rings. The van der Waals surface area contributed by atoms with Gasteiger partial charge in [0.05, 0.1) is 12.2 Å². The molecule has 0 unspecified atom stereocenters. The molecule has 0 bridgehead atoms. The minimum atomic E-state index is 0.671. The van der Waals surface area contributed by atoms with Crippen molar-refractivity contribution in [3.63, 3.8) is 0 Å². The number of oxazole rings is 1. The molecule has 0 amide bonds. The summed E-state index contributed by atoms with van der Waals surface area (Å²) in [6, 6.07) is 11.9. The number of aryl methyl sites for hydroxylation is 1. The molecule has 4 rings (SSSR count). The lowest BCUT2D eigenvalue weighted by atomic mass is 10.3. The van der Waals surface area contributed by atoms with Crippen LogP contribution in [0.3, 0.4) is 0 Å². The van der Waals surface area contributed by atoms with Gasteiger partial charge in [0.25, 0.3) is 0 Å². The van der Waals surface area contributed by atoms with Crippen LogP contribution in [0.2, 0.25) is 0 Å². The third kappa shape index (κ3) is 2.23. The van der Waals surface area contributed by atoms with E-state index in [9.17, 15) is 0 Å². The number of fused-ring (bicyclic) bond motifs is 2. The fourth-order valence-electron chi connectivity index (χ4n) is 2.42. The third-order valence-corrected chi connectivity index (χ3v) is 3.38. The second-order valence-electron chi connectivity index (χ2n) is 4.97. The first kappa shape index (κ1) is 12.0. The summed E-state index contributed by atoms with van der Waals surface area (Å²) in [5.74, 6) is 0.683. The number of nitrogens with one attached hydrogen (secondary N) is 1. The quantitative estimate of drug-likeness (QED) is 0.624. The van der Waals surface area contributed by atoms with Gasteiger partial charge in [-0.15, -0.1) is 0 Å². The van der Waals surface area contributed by atoms with Crippen molar-refractivity contribution >= 4 is 22.4 Å². The molecular formula is C16H14N4O. The molecule has 0 fully saturated rings. The van der Waals surface area contributed by atoms with Gasteiger partial charge in [-0.3, -0.25) is 0 Å². The van der Waals surface area contributed by atoms with Crippen LogP contribution in [0.25, 0.3) is 16.7 Å². The molecule has 0 saturated heterocycles. The summed E-state index contributed by atoms with van der Waals surface area (Å²) in [5, 5.41) is 3.37. The number of benzene rings is 1. The molecule has 1 N–H and O–H groups in total. The summed E-state index contributed by atoms with van der Waals surface area (Å²) in [7, 11) is 0. The van der Waals surface area contributed by atoms with Gasteiger partial charge >= 0.3 is 0 Å². The van der Waals surface area contributed by atoms with E-state index in [0.29, 0.717) is 12.4 Å². The average molecular weight is 278 g/mol. The first-order valence-electron chi connectivity index (χ1n) is 6.82. The highest BCUT2D eigenvalue weighted by Gasteiger charge is 2.04. The summed E-state index contributed by atoms with van der Waals surface area (Å²) in [5.41, 5.74) is 4.64. The Labute approximate surface area is 121 Å². The standard InChI is InChI=1S/C16H14N4O/c1-11-18-14-8-12(5-6-15(14)21-11)17-9-13-10-20-7-3-2-4-16(20)19-13/h2-8,10,17H,9H2,1H3. The number of anilines is 1. The number of nitrogens with zero attached hydrogens (tertiary/aromatic N) is 3. The van der Waals surface area contributed by atoms with Crippen molar-refractivity contribution in [2.75, 3.05) is 5.32 Å². The Morgan fingerprint density at radius 1 is 1.19 bits per heavy atom. The molecule has 0 aliphatic rings. The van der Waals surface area contributed by atoms with E-state index in [1.807, 2.05) is 60.1 Å². The summed E-state index contributed by atoms with van der Waals surface area (Å²) in [6.45, 7) is 2.52. The lowest BCUT2D eigenvalue weighted by Crippen LogP contribution is -1.99. The van der Waals surface area contributed by atoms with Crippen molar-refractivity contribution in [2.45, 2.75) is 13.5 Å². The largest absolute Gasteiger partial charge is 0.441 e. The normalized spacial score (nSPS) is 11.3. The van der Waals surface area contributed by atoms with E-state index in [0.717, 1.165) is 28.1 Å². The van der Waals surface area contributed by atoms with Gasteiger partial charge < -0.3 is 14.1 Å². The number of rotatable bonds is 3. The Morgan fingerprint density at radius 2 is 2.14 bits per heavy atom.